The number of hydrogen-bond acceptors (Lipinski definition) is 4. The Bertz CT molecular complexity index is 914. The number of aromatic nitrogens is 3. The summed E-state index contributed by atoms with van der Waals surface area (Å²) in [4.78, 5) is 2.17. The van der Waals surface area contributed by atoms with Gasteiger partial charge in [0.1, 0.15) is 5.82 Å². The van der Waals surface area contributed by atoms with Crippen molar-refractivity contribution in [3.05, 3.63) is 47.0 Å². The zero-order valence-electron chi connectivity index (χ0n) is 17.7. The molecule has 1 aliphatic carbocycles. The lowest BCUT2D eigenvalue weighted by Gasteiger charge is -2.43. The van der Waals surface area contributed by atoms with Crippen molar-refractivity contribution in [2.75, 3.05) is 6.54 Å². The zero-order chi connectivity index (χ0) is 21.9. The summed E-state index contributed by atoms with van der Waals surface area (Å²) in [7, 11) is 0. The minimum Gasteiger partial charge on any atom is -0.305 e. The highest BCUT2D eigenvalue weighted by Crippen LogP contribution is 2.41. The van der Waals surface area contributed by atoms with Crippen molar-refractivity contribution < 1.29 is 13.2 Å². The van der Waals surface area contributed by atoms with Gasteiger partial charge in [0.2, 0.25) is 5.82 Å². The summed E-state index contributed by atoms with van der Waals surface area (Å²) in [5.41, 5.74) is 1.62. The Morgan fingerprint density at radius 1 is 1.20 bits per heavy atom. The maximum Gasteiger partial charge on any atom is 0.451 e. The van der Waals surface area contributed by atoms with Crippen molar-refractivity contribution in [1.82, 2.24) is 19.7 Å². The highest BCUT2D eigenvalue weighted by atomic mass is 19.4. The van der Waals surface area contributed by atoms with E-state index in [2.05, 4.69) is 27.2 Å². The maximum atomic E-state index is 13.1. The van der Waals surface area contributed by atoms with E-state index in [1.54, 1.807) is 0 Å². The van der Waals surface area contributed by atoms with Crippen LogP contribution in [0.2, 0.25) is 0 Å². The van der Waals surface area contributed by atoms with Crippen LogP contribution >= 0.6 is 0 Å². The quantitative estimate of drug-likeness (QED) is 0.698. The molecule has 2 atom stereocenters. The van der Waals surface area contributed by atoms with Crippen molar-refractivity contribution in [3.8, 4) is 6.07 Å². The lowest BCUT2D eigenvalue weighted by atomic mass is 9.68. The van der Waals surface area contributed by atoms with Gasteiger partial charge in [-0.15, -0.1) is 10.2 Å². The van der Waals surface area contributed by atoms with E-state index in [1.807, 2.05) is 39.0 Å². The van der Waals surface area contributed by atoms with Crippen LogP contribution in [0.25, 0.3) is 0 Å². The Kier molecular flexibility index (Phi) is 6.51. The predicted molar refractivity (Wildman–Crippen MR) is 108 cm³/mol. The topological polar surface area (TPSA) is 57.7 Å². The van der Waals surface area contributed by atoms with Crippen LogP contribution in [0.15, 0.2) is 24.3 Å². The van der Waals surface area contributed by atoms with Gasteiger partial charge in [-0.2, -0.15) is 18.4 Å². The number of fused-ring (bicyclic) bond motifs is 1. The average Bonchev–Trinajstić information content (AvgIpc) is 3.19. The molecule has 0 N–H and O–H groups in total. The number of hydrogen-bond donors (Lipinski definition) is 0. The molecular formula is C22H28F3N5. The first-order valence-electron chi connectivity index (χ1n) is 10.5. The van der Waals surface area contributed by atoms with Crippen LogP contribution in [0.3, 0.4) is 0 Å². The fourth-order valence-corrected chi connectivity index (χ4v) is 4.63. The molecule has 0 spiro atoms. The Morgan fingerprint density at radius 2 is 1.97 bits per heavy atom. The highest BCUT2D eigenvalue weighted by molar-refractivity contribution is 5.36. The van der Waals surface area contributed by atoms with E-state index in [1.165, 1.54) is 4.57 Å². The average molecular weight is 419 g/mol. The summed E-state index contributed by atoms with van der Waals surface area (Å²) in [6.45, 7) is 7.08. The van der Waals surface area contributed by atoms with E-state index < -0.39 is 17.4 Å². The van der Waals surface area contributed by atoms with E-state index in [-0.39, 0.29) is 12.6 Å². The number of alkyl halides is 3. The van der Waals surface area contributed by atoms with E-state index in [4.69, 9.17) is 0 Å². The molecule has 1 aromatic carbocycles. The largest absolute Gasteiger partial charge is 0.451 e. The predicted octanol–water partition coefficient (Wildman–Crippen LogP) is 4.85. The highest BCUT2D eigenvalue weighted by Gasteiger charge is 2.43. The normalized spacial score (nSPS) is 24.4. The van der Waals surface area contributed by atoms with Crippen LogP contribution in [-0.2, 0) is 24.7 Å². The number of aryl methyl sites for hydroxylation is 1. The molecule has 5 nitrogen and oxygen atoms in total. The Labute approximate surface area is 175 Å². The van der Waals surface area contributed by atoms with Gasteiger partial charge in [0, 0.05) is 19.1 Å². The summed E-state index contributed by atoms with van der Waals surface area (Å²) in [5, 5.41) is 17.2. The summed E-state index contributed by atoms with van der Waals surface area (Å²) >= 11 is 0. The third-order valence-electron chi connectivity index (χ3n) is 6.06. The molecule has 8 heteroatoms. The molecule has 2 heterocycles. The van der Waals surface area contributed by atoms with Crippen LogP contribution in [0.1, 0.15) is 62.3 Å². The Hall–Kier alpha value is -2.40. The first kappa shape index (κ1) is 22.3. The van der Waals surface area contributed by atoms with Gasteiger partial charge in [-0.25, -0.2) is 0 Å². The smallest absolute Gasteiger partial charge is 0.305 e. The van der Waals surface area contributed by atoms with Gasteiger partial charge in [0.05, 0.1) is 18.0 Å². The third kappa shape index (κ3) is 4.22. The molecule has 4 rings (SSSR count). The molecule has 1 aromatic heterocycles. The minimum absolute atomic E-state index is 0.147. The van der Waals surface area contributed by atoms with Crippen molar-refractivity contribution >= 4 is 0 Å². The fraction of sp³-hybridized carbons (Fsp3) is 0.591. The van der Waals surface area contributed by atoms with Gasteiger partial charge in [0.15, 0.2) is 0 Å². The second-order valence-electron chi connectivity index (χ2n) is 7.87. The van der Waals surface area contributed by atoms with Crippen LogP contribution in [0, 0.1) is 18.3 Å². The van der Waals surface area contributed by atoms with Gasteiger partial charge in [0.25, 0.3) is 0 Å². The lowest BCUT2D eigenvalue weighted by molar-refractivity contribution is -0.148. The zero-order valence-corrected chi connectivity index (χ0v) is 17.7. The standard InChI is InChI=1S/C20H22F3N5.C2H6/c1-14-4-2-5-15(10-14)19(13-24)7-3-6-16(11-19)27-8-9-28-17(12-27)25-26-18(28)20(21,22)23;1-2/h2,4-5,10,16H,3,6-9,11-12H2,1H3;1-2H3/t16?,19-;/m1./s1. The van der Waals surface area contributed by atoms with Gasteiger partial charge in [-0.1, -0.05) is 43.7 Å². The molecule has 1 unspecified atom stereocenters. The molecule has 1 saturated carbocycles. The van der Waals surface area contributed by atoms with E-state index in [0.29, 0.717) is 25.3 Å². The number of rotatable bonds is 2. The summed E-state index contributed by atoms with van der Waals surface area (Å²) < 4.78 is 40.3. The van der Waals surface area contributed by atoms with Gasteiger partial charge in [-0.3, -0.25) is 4.90 Å². The molecule has 2 aliphatic rings. The number of benzene rings is 1. The molecule has 162 valence electrons. The SMILES string of the molecule is CC.Cc1cccc([C@]2(C#N)CCCC(N3CCn4c(nnc4C(F)(F)F)C3)C2)c1. The molecule has 0 saturated heterocycles. The molecule has 1 aliphatic heterocycles. The van der Waals surface area contributed by atoms with Crippen molar-refractivity contribution in [1.29, 1.82) is 5.26 Å². The summed E-state index contributed by atoms with van der Waals surface area (Å²) in [6.07, 6.45) is -1.13. The first-order valence-corrected chi connectivity index (χ1v) is 10.5. The number of halogens is 3. The van der Waals surface area contributed by atoms with Crippen molar-refractivity contribution in [2.45, 2.75) is 77.2 Å². The van der Waals surface area contributed by atoms with Crippen molar-refractivity contribution in [2.24, 2.45) is 0 Å². The number of nitrogens with zero attached hydrogens (tertiary/aromatic N) is 5. The molecule has 0 amide bonds. The molecular weight excluding hydrogens is 391 g/mol. The number of nitriles is 1. The van der Waals surface area contributed by atoms with E-state index >= 15 is 0 Å². The first-order chi connectivity index (χ1) is 14.3. The minimum atomic E-state index is -4.49. The van der Waals surface area contributed by atoms with Crippen LogP contribution in [0.5, 0.6) is 0 Å². The van der Waals surface area contributed by atoms with Crippen molar-refractivity contribution in [3.63, 3.8) is 0 Å². The second-order valence-corrected chi connectivity index (χ2v) is 7.87. The van der Waals surface area contributed by atoms with Gasteiger partial charge >= 0.3 is 6.18 Å². The summed E-state index contributed by atoms with van der Waals surface area (Å²) in [5.74, 6) is -0.570. The van der Waals surface area contributed by atoms with Crippen LogP contribution in [-0.4, -0.2) is 32.3 Å². The molecule has 2 aromatic rings. The molecule has 0 radical (unpaired) electrons. The fourth-order valence-electron chi connectivity index (χ4n) is 4.63. The Balaban J connectivity index is 0.00000124. The van der Waals surface area contributed by atoms with Gasteiger partial charge < -0.3 is 4.57 Å². The van der Waals surface area contributed by atoms with E-state index in [9.17, 15) is 18.4 Å². The summed E-state index contributed by atoms with van der Waals surface area (Å²) in [6, 6.07) is 10.8. The second kappa shape index (κ2) is 8.76. The maximum absolute atomic E-state index is 13.1. The van der Waals surface area contributed by atoms with Crippen LogP contribution in [0.4, 0.5) is 13.2 Å². The van der Waals surface area contributed by atoms with E-state index in [0.717, 1.165) is 30.4 Å². The Morgan fingerprint density at radius 3 is 2.63 bits per heavy atom. The molecule has 0 bridgehead atoms. The van der Waals surface area contributed by atoms with Gasteiger partial charge in [-0.05, 0) is 38.2 Å². The van der Waals surface area contributed by atoms with Crippen LogP contribution < -0.4 is 0 Å². The third-order valence-corrected chi connectivity index (χ3v) is 6.06. The molecule has 30 heavy (non-hydrogen) atoms. The lowest BCUT2D eigenvalue weighted by Crippen LogP contribution is -2.47. The molecule has 1 fully saturated rings. The monoisotopic (exact) mass is 419 g/mol.